The first-order valence-electron chi connectivity index (χ1n) is 46.9. The van der Waals surface area contributed by atoms with E-state index in [1.165, 1.54) is 273 Å². The van der Waals surface area contributed by atoms with Crippen molar-refractivity contribution < 1.29 is 0 Å². The van der Waals surface area contributed by atoms with Crippen LogP contribution in [0.1, 0.15) is 0 Å². The Kier molecular flexibility index (Phi) is 17.4. The summed E-state index contributed by atoms with van der Waals surface area (Å²) in [5.74, 6) is 0. The van der Waals surface area contributed by atoms with Gasteiger partial charge in [0.25, 0.3) is 0 Å². The van der Waals surface area contributed by atoms with Gasteiger partial charge in [-0.3, -0.25) is 0 Å². The number of fused-ring (bicyclic) bond motifs is 31. The number of H-pyrrole nitrogens is 3. The molecule has 0 fully saturated rings. The van der Waals surface area contributed by atoms with E-state index in [4.69, 9.17) is 0 Å². The smallest absolute Gasteiger partial charge is 0.0619 e. The Morgan fingerprint density at radius 3 is 0.838 bits per heavy atom. The van der Waals surface area contributed by atoms with Gasteiger partial charge in [0, 0.05) is 131 Å². The third-order valence-electron chi connectivity index (χ3n) is 28.9. The molecule has 6 aromatic heterocycles. The monoisotopic (exact) mass is 1730 g/mol. The molecule has 0 spiro atoms. The number of nitrogens with zero attached hydrogens (tertiary/aromatic N) is 3. The predicted molar refractivity (Wildman–Crippen MR) is 580 cm³/mol. The zero-order valence-corrected chi connectivity index (χ0v) is 74.0. The summed E-state index contributed by atoms with van der Waals surface area (Å²) >= 11 is 0. The summed E-state index contributed by atoms with van der Waals surface area (Å²) in [5, 5.41) is 32.9. The van der Waals surface area contributed by atoms with Crippen LogP contribution in [0.2, 0.25) is 0 Å². The van der Waals surface area contributed by atoms with Gasteiger partial charge in [0.2, 0.25) is 0 Å². The first kappa shape index (κ1) is 76.7. The van der Waals surface area contributed by atoms with Gasteiger partial charge >= 0.3 is 0 Å². The number of benzene rings is 24. The SMILES string of the molecule is c1ccc(-c2ccc(-n3c4ccccc4c4cc(-c5cc6[nH]c7ccccc7c6c6ccccc56)c5ccccc5c43)cc2)cc1.c1ccc(-n2c3ccccc3c3cc(-c4cccc(-c5cc6[nH]c7ccccc7c6c6ccccc56)c4)c4ccccc4c32)cc1.c1ccc2cc(-n3c4ccccc4c4cc(-c5cc6[nH]c7ccccc7c6c6ccccc56)c5ccccc5c43)ccc2c1. The Morgan fingerprint density at radius 2 is 0.404 bits per heavy atom. The van der Waals surface area contributed by atoms with Crippen LogP contribution in [0.4, 0.5) is 0 Å². The summed E-state index contributed by atoms with van der Waals surface area (Å²) in [5.41, 5.74) is 30.3. The molecular weight excluding hydrogens is 1650 g/mol. The van der Waals surface area contributed by atoms with Crippen LogP contribution in [-0.4, -0.2) is 28.7 Å². The molecule has 136 heavy (non-hydrogen) atoms. The summed E-state index contributed by atoms with van der Waals surface area (Å²) < 4.78 is 7.33. The lowest BCUT2D eigenvalue weighted by molar-refractivity contribution is 1.19. The molecule has 6 heteroatoms. The van der Waals surface area contributed by atoms with Gasteiger partial charge in [-0.25, -0.2) is 0 Å². The largest absolute Gasteiger partial charge is 0.354 e. The summed E-state index contributed by atoms with van der Waals surface area (Å²) in [6.45, 7) is 0. The van der Waals surface area contributed by atoms with Crippen LogP contribution >= 0.6 is 0 Å². The number of aromatic nitrogens is 6. The molecule has 24 aromatic carbocycles. The standard InChI is InChI=1S/2C44H28N2.C42H26N2/c1-2-15-30(16-3-1)46-42-24-11-9-19-33(42)39-26-37(32-18-5-7-21-35(32)44(39)46)28-13-12-14-29(25-28)38-27-41-43(34-20-6-4-17-31(34)38)36-22-8-10-23-40(36)45-41;1-2-12-28(13-3-1)29-22-24-30(25-23-29)46-42-21-11-9-16-33(42)39-26-37(32-15-5-7-18-35(32)44(39)46)38-27-41-43(34-17-6-4-14-31(34)38)36-19-8-10-20-40(36)45-41;1-2-12-27-23-28(22-21-26(27)11-1)44-40-20-10-8-15-31(40)37-24-35(30-14-4-6-17-33(30)42(37)44)36-25-39-41(32-16-5-3-13-29(32)36)34-18-7-9-19-38(34)43-39/h2*1-27,45H;1-25,43H. The van der Waals surface area contributed by atoms with Crippen molar-refractivity contribution in [2.75, 3.05) is 0 Å². The van der Waals surface area contributed by atoms with E-state index in [0.717, 1.165) is 5.69 Å². The molecule has 0 saturated carbocycles. The van der Waals surface area contributed by atoms with E-state index < -0.39 is 0 Å². The predicted octanol–water partition coefficient (Wildman–Crippen LogP) is 35.7. The first-order chi connectivity index (χ1) is 67.5. The van der Waals surface area contributed by atoms with E-state index >= 15 is 0 Å². The highest BCUT2D eigenvalue weighted by molar-refractivity contribution is 6.31. The fraction of sp³-hybridized carbons (Fsp3) is 0. The molecule has 0 aliphatic carbocycles. The van der Waals surface area contributed by atoms with Gasteiger partial charge in [-0.05, 0) is 230 Å². The minimum Gasteiger partial charge on any atom is -0.354 e. The second kappa shape index (κ2) is 30.8. The summed E-state index contributed by atoms with van der Waals surface area (Å²) in [4.78, 5) is 11.2. The highest BCUT2D eigenvalue weighted by Gasteiger charge is 2.26. The summed E-state index contributed by atoms with van der Waals surface area (Å²) in [6, 6.07) is 175. The normalized spacial score (nSPS) is 12.0. The lowest BCUT2D eigenvalue weighted by Crippen LogP contribution is -1.95. The van der Waals surface area contributed by atoms with E-state index in [1.54, 1.807) is 0 Å². The van der Waals surface area contributed by atoms with Crippen molar-refractivity contribution in [1.82, 2.24) is 28.7 Å². The maximum absolute atomic E-state index is 3.73. The maximum atomic E-state index is 3.73. The Labute approximate surface area is 781 Å². The average molecular weight is 1730 g/mol. The molecular formula is C130H82N6. The molecule has 6 nitrogen and oxygen atoms in total. The van der Waals surface area contributed by atoms with Gasteiger partial charge in [-0.15, -0.1) is 0 Å². The van der Waals surface area contributed by atoms with Gasteiger partial charge in [0.15, 0.2) is 0 Å². The van der Waals surface area contributed by atoms with Crippen LogP contribution in [0.15, 0.2) is 479 Å². The Hall–Kier alpha value is -18.1. The number of hydrogen-bond donors (Lipinski definition) is 3. The maximum Gasteiger partial charge on any atom is 0.0619 e. The lowest BCUT2D eigenvalue weighted by Gasteiger charge is -2.15. The van der Waals surface area contributed by atoms with Crippen LogP contribution in [0, 0.1) is 0 Å². The number of nitrogens with one attached hydrogen (secondary N) is 3. The summed E-state index contributed by atoms with van der Waals surface area (Å²) in [6.07, 6.45) is 0. The van der Waals surface area contributed by atoms with E-state index in [9.17, 15) is 0 Å². The van der Waals surface area contributed by atoms with Gasteiger partial charge in [0.05, 0.1) is 33.1 Å². The molecule has 30 rings (SSSR count). The van der Waals surface area contributed by atoms with Gasteiger partial charge < -0.3 is 28.7 Å². The van der Waals surface area contributed by atoms with E-state index in [2.05, 4.69) is 508 Å². The molecule has 0 aliphatic heterocycles. The van der Waals surface area contributed by atoms with E-state index in [1.807, 2.05) is 0 Å². The highest BCUT2D eigenvalue weighted by Crippen LogP contribution is 2.51. The van der Waals surface area contributed by atoms with Crippen molar-refractivity contribution in [3.05, 3.63) is 479 Å². The number of para-hydroxylation sites is 7. The van der Waals surface area contributed by atoms with Crippen molar-refractivity contribution in [1.29, 1.82) is 0 Å². The third-order valence-corrected chi connectivity index (χ3v) is 28.9. The summed E-state index contributed by atoms with van der Waals surface area (Å²) in [7, 11) is 0. The molecule has 0 unspecified atom stereocenters. The Bertz CT molecular complexity index is 10200. The number of aromatic amines is 3. The van der Waals surface area contributed by atoms with Crippen molar-refractivity contribution in [3.8, 4) is 72.7 Å². The fourth-order valence-electron chi connectivity index (χ4n) is 23.0. The molecule has 0 bridgehead atoms. The molecule has 632 valence electrons. The van der Waals surface area contributed by atoms with Crippen molar-refractivity contribution in [3.63, 3.8) is 0 Å². The topological polar surface area (TPSA) is 62.2 Å². The zero-order valence-electron chi connectivity index (χ0n) is 74.0. The van der Waals surface area contributed by atoms with Crippen LogP contribution < -0.4 is 0 Å². The molecule has 3 N–H and O–H groups in total. The number of hydrogen-bond acceptors (Lipinski definition) is 0. The minimum absolute atomic E-state index is 1.16. The van der Waals surface area contributed by atoms with Gasteiger partial charge in [-0.1, -0.05) is 364 Å². The average Bonchev–Trinajstić information content (AvgIpc) is 1.55. The molecule has 0 saturated heterocycles. The van der Waals surface area contributed by atoms with Crippen molar-refractivity contribution in [2.24, 2.45) is 0 Å². The Balaban J connectivity index is 0.000000101. The molecule has 30 aromatic rings. The lowest BCUT2D eigenvalue weighted by atomic mass is 9.90. The van der Waals surface area contributed by atoms with Gasteiger partial charge in [0.1, 0.15) is 0 Å². The van der Waals surface area contributed by atoms with Crippen LogP contribution in [0.25, 0.3) is 279 Å². The minimum atomic E-state index is 1.16. The van der Waals surface area contributed by atoms with Crippen LogP contribution in [-0.2, 0) is 0 Å². The quantitative estimate of drug-likeness (QED) is 0.136. The first-order valence-corrected chi connectivity index (χ1v) is 46.9. The van der Waals surface area contributed by atoms with E-state index in [-0.39, 0.29) is 0 Å². The molecule has 0 atom stereocenters. The van der Waals surface area contributed by atoms with Crippen molar-refractivity contribution >= 4 is 206 Å². The Morgan fingerprint density at radius 1 is 0.132 bits per heavy atom. The molecule has 0 radical (unpaired) electrons. The molecule has 0 aliphatic rings. The third kappa shape index (κ3) is 11.9. The van der Waals surface area contributed by atoms with Crippen LogP contribution in [0.3, 0.4) is 0 Å². The van der Waals surface area contributed by atoms with Crippen LogP contribution in [0.5, 0.6) is 0 Å². The second-order valence-electron chi connectivity index (χ2n) is 36.2. The van der Waals surface area contributed by atoms with Crippen molar-refractivity contribution in [2.45, 2.75) is 0 Å². The van der Waals surface area contributed by atoms with E-state index in [0.29, 0.717) is 0 Å². The molecule has 6 heterocycles. The second-order valence-corrected chi connectivity index (χ2v) is 36.2. The van der Waals surface area contributed by atoms with Gasteiger partial charge in [-0.2, -0.15) is 0 Å². The highest BCUT2D eigenvalue weighted by atomic mass is 15.0. The molecule has 0 amide bonds. The zero-order chi connectivity index (χ0) is 89.2. The number of rotatable bonds is 8. The fourth-order valence-corrected chi connectivity index (χ4v) is 23.0.